The van der Waals surface area contributed by atoms with E-state index >= 15 is 0 Å². The number of rotatable bonds is 6. The summed E-state index contributed by atoms with van der Waals surface area (Å²) in [6, 6.07) is 7.66. The quantitative estimate of drug-likeness (QED) is 0.844. The molecule has 1 rings (SSSR count). The molecule has 0 saturated heterocycles. The number of ether oxygens (including phenoxy) is 1. The van der Waals surface area contributed by atoms with Crippen LogP contribution in [0.25, 0.3) is 0 Å². The Morgan fingerprint density at radius 2 is 1.67 bits per heavy atom. The van der Waals surface area contributed by atoms with Crippen LogP contribution < -0.4 is 4.74 Å². The lowest BCUT2D eigenvalue weighted by Crippen LogP contribution is -2.48. The Kier molecular flexibility index (Phi) is 5.17. The standard InChI is InChI=1S/C15H25NO2/c1-6-15(7-2,16(3)4)14(17)12-8-10-13(18-5)11-9-12/h8-11,14,17H,6-7H2,1-5H3. The maximum Gasteiger partial charge on any atom is 0.118 e. The van der Waals surface area contributed by atoms with E-state index in [4.69, 9.17) is 4.74 Å². The van der Waals surface area contributed by atoms with Gasteiger partial charge in [-0.3, -0.25) is 0 Å². The summed E-state index contributed by atoms with van der Waals surface area (Å²) in [5, 5.41) is 10.7. The monoisotopic (exact) mass is 251 g/mol. The molecule has 102 valence electrons. The van der Waals surface area contributed by atoms with E-state index in [1.54, 1.807) is 7.11 Å². The molecule has 0 aliphatic heterocycles. The zero-order valence-corrected chi connectivity index (χ0v) is 12.1. The molecule has 0 heterocycles. The third-order valence-corrected chi connectivity index (χ3v) is 4.06. The van der Waals surface area contributed by atoms with Crippen molar-refractivity contribution < 1.29 is 9.84 Å². The second-order valence-electron chi connectivity index (χ2n) is 4.88. The van der Waals surface area contributed by atoms with Gasteiger partial charge in [-0.15, -0.1) is 0 Å². The van der Waals surface area contributed by atoms with Crippen molar-refractivity contribution in [3.8, 4) is 5.75 Å². The first-order valence-electron chi connectivity index (χ1n) is 6.51. The van der Waals surface area contributed by atoms with Crippen molar-refractivity contribution in [1.29, 1.82) is 0 Å². The molecule has 0 amide bonds. The Bertz CT molecular complexity index is 355. The van der Waals surface area contributed by atoms with Crippen LogP contribution in [0.5, 0.6) is 5.75 Å². The average molecular weight is 251 g/mol. The number of hydrogen-bond donors (Lipinski definition) is 1. The van der Waals surface area contributed by atoms with E-state index in [1.807, 2.05) is 38.4 Å². The molecule has 1 unspecified atom stereocenters. The van der Waals surface area contributed by atoms with Gasteiger partial charge >= 0.3 is 0 Å². The van der Waals surface area contributed by atoms with Crippen molar-refractivity contribution in [1.82, 2.24) is 4.90 Å². The fourth-order valence-corrected chi connectivity index (χ4v) is 2.61. The number of nitrogens with zero attached hydrogens (tertiary/aromatic N) is 1. The first-order chi connectivity index (χ1) is 8.51. The molecule has 3 nitrogen and oxygen atoms in total. The maximum atomic E-state index is 10.7. The number of likely N-dealkylation sites (N-methyl/N-ethyl adjacent to an activating group) is 1. The highest BCUT2D eigenvalue weighted by Crippen LogP contribution is 2.36. The highest BCUT2D eigenvalue weighted by molar-refractivity contribution is 5.30. The normalized spacial score (nSPS) is 13.7. The second-order valence-corrected chi connectivity index (χ2v) is 4.88. The minimum absolute atomic E-state index is 0.214. The Morgan fingerprint density at radius 3 is 2.00 bits per heavy atom. The molecule has 0 saturated carbocycles. The Balaban J connectivity index is 3.05. The topological polar surface area (TPSA) is 32.7 Å². The molecule has 0 aromatic heterocycles. The third kappa shape index (κ3) is 2.68. The van der Waals surface area contributed by atoms with Crippen LogP contribution in [-0.4, -0.2) is 36.8 Å². The lowest BCUT2D eigenvalue weighted by Gasteiger charge is -2.42. The van der Waals surface area contributed by atoms with Crippen molar-refractivity contribution in [2.45, 2.75) is 38.3 Å². The highest BCUT2D eigenvalue weighted by Gasteiger charge is 2.37. The van der Waals surface area contributed by atoms with Crippen LogP contribution in [0.15, 0.2) is 24.3 Å². The van der Waals surface area contributed by atoms with Crippen molar-refractivity contribution in [3.63, 3.8) is 0 Å². The smallest absolute Gasteiger partial charge is 0.118 e. The molecule has 1 aromatic rings. The molecule has 1 atom stereocenters. The first kappa shape index (κ1) is 15.0. The van der Waals surface area contributed by atoms with Crippen molar-refractivity contribution in [2.24, 2.45) is 0 Å². The van der Waals surface area contributed by atoms with E-state index in [-0.39, 0.29) is 5.54 Å². The fraction of sp³-hybridized carbons (Fsp3) is 0.600. The molecular formula is C15H25NO2. The molecule has 1 N–H and O–H groups in total. The zero-order valence-electron chi connectivity index (χ0n) is 12.1. The van der Waals surface area contributed by atoms with Gasteiger partial charge in [-0.1, -0.05) is 26.0 Å². The zero-order chi connectivity index (χ0) is 13.8. The summed E-state index contributed by atoms with van der Waals surface area (Å²) >= 11 is 0. The highest BCUT2D eigenvalue weighted by atomic mass is 16.5. The molecule has 18 heavy (non-hydrogen) atoms. The van der Waals surface area contributed by atoms with Gasteiger partial charge < -0.3 is 14.7 Å². The summed E-state index contributed by atoms with van der Waals surface area (Å²) in [5.74, 6) is 0.814. The van der Waals surface area contributed by atoms with Gasteiger partial charge in [0.2, 0.25) is 0 Å². The SMILES string of the molecule is CCC(CC)(C(O)c1ccc(OC)cc1)N(C)C. The van der Waals surface area contributed by atoms with Crippen LogP contribution in [0.3, 0.4) is 0 Å². The summed E-state index contributed by atoms with van der Waals surface area (Å²) in [6.07, 6.45) is 1.32. The molecule has 0 aliphatic carbocycles. The van der Waals surface area contributed by atoms with Gasteiger partial charge in [0.1, 0.15) is 5.75 Å². The van der Waals surface area contributed by atoms with E-state index < -0.39 is 6.10 Å². The fourth-order valence-electron chi connectivity index (χ4n) is 2.61. The molecule has 1 aromatic carbocycles. The molecule has 3 heteroatoms. The van der Waals surface area contributed by atoms with Crippen molar-refractivity contribution in [2.75, 3.05) is 21.2 Å². The van der Waals surface area contributed by atoms with Gasteiger partial charge in [-0.05, 0) is 44.6 Å². The molecule has 0 radical (unpaired) electrons. The van der Waals surface area contributed by atoms with Crippen molar-refractivity contribution >= 4 is 0 Å². The van der Waals surface area contributed by atoms with Crippen LogP contribution in [0.4, 0.5) is 0 Å². The lowest BCUT2D eigenvalue weighted by atomic mass is 9.81. The van der Waals surface area contributed by atoms with Gasteiger partial charge in [0.05, 0.1) is 13.2 Å². The van der Waals surface area contributed by atoms with Gasteiger partial charge in [0, 0.05) is 5.54 Å². The molecule has 0 fully saturated rings. The second kappa shape index (κ2) is 6.21. The van der Waals surface area contributed by atoms with Gasteiger partial charge in [0.15, 0.2) is 0 Å². The van der Waals surface area contributed by atoms with Gasteiger partial charge in [0.25, 0.3) is 0 Å². The predicted molar refractivity (Wildman–Crippen MR) is 75.0 cm³/mol. The molecule has 0 bridgehead atoms. The molecular weight excluding hydrogens is 226 g/mol. The van der Waals surface area contributed by atoms with Crippen LogP contribution in [-0.2, 0) is 0 Å². The number of methoxy groups -OCH3 is 1. The number of hydrogen-bond acceptors (Lipinski definition) is 3. The first-order valence-corrected chi connectivity index (χ1v) is 6.51. The average Bonchev–Trinajstić information content (AvgIpc) is 2.40. The van der Waals surface area contributed by atoms with E-state index in [9.17, 15) is 5.11 Å². The van der Waals surface area contributed by atoms with E-state index in [0.717, 1.165) is 24.2 Å². The van der Waals surface area contributed by atoms with E-state index in [2.05, 4.69) is 18.7 Å². The summed E-state index contributed by atoms with van der Waals surface area (Å²) in [6.45, 7) is 4.24. The third-order valence-electron chi connectivity index (χ3n) is 4.06. The predicted octanol–water partition coefficient (Wildman–Crippen LogP) is 2.85. The minimum atomic E-state index is -0.492. The number of aliphatic hydroxyl groups is 1. The van der Waals surface area contributed by atoms with Crippen LogP contribution in [0, 0.1) is 0 Å². The van der Waals surface area contributed by atoms with Gasteiger partial charge in [-0.2, -0.15) is 0 Å². The number of aliphatic hydroxyl groups excluding tert-OH is 1. The Labute approximate surface area is 110 Å². The summed E-state index contributed by atoms with van der Waals surface area (Å²) < 4.78 is 5.14. The summed E-state index contributed by atoms with van der Waals surface area (Å²) in [7, 11) is 5.70. The van der Waals surface area contributed by atoms with Crippen LogP contribution >= 0.6 is 0 Å². The van der Waals surface area contributed by atoms with E-state index in [0.29, 0.717) is 0 Å². The molecule has 0 spiro atoms. The summed E-state index contributed by atoms with van der Waals surface area (Å²) in [5.41, 5.74) is 0.724. The van der Waals surface area contributed by atoms with Crippen LogP contribution in [0.2, 0.25) is 0 Å². The molecule has 0 aliphatic rings. The van der Waals surface area contributed by atoms with E-state index in [1.165, 1.54) is 0 Å². The van der Waals surface area contributed by atoms with Crippen molar-refractivity contribution in [3.05, 3.63) is 29.8 Å². The largest absolute Gasteiger partial charge is 0.497 e. The summed E-state index contributed by atoms with van der Waals surface area (Å²) in [4.78, 5) is 2.13. The Morgan fingerprint density at radius 1 is 1.17 bits per heavy atom. The van der Waals surface area contributed by atoms with Gasteiger partial charge in [-0.25, -0.2) is 0 Å². The minimum Gasteiger partial charge on any atom is -0.497 e. The lowest BCUT2D eigenvalue weighted by molar-refractivity contribution is -0.0149. The maximum absolute atomic E-state index is 10.7. The van der Waals surface area contributed by atoms with Crippen LogP contribution in [0.1, 0.15) is 38.4 Å². The number of benzene rings is 1. The Hall–Kier alpha value is -1.06.